The summed E-state index contributed by atoms with van der Waals surface area (Å²) in [5.41, 5.74) is 1.90. The Morgan fingerprint density at radius 3 is 2.86 bits per heavy atom. The van der Waals surface area contributed by atoms with Crippen molar-refractivity contribution in [1.29, 1.82) is 0 Å². The zero-order chi connectivity index (χ0) is 15.2. The SMILES string of the molecule is COC(CNC(=O)Cc1c[nH]c2ccccc12)CC(=O)O. The molecule has 0 spiro atoms. The maximum Gasteiger partial charge on any atom is 0.306 e. The molecule has 1 aromatic heterocycles. The van der Waals surface area contributed by atoms with Crippen molar-refractivity contribution in [2.24, 2.45) is 0 Å². The predicted octanol–water partition coefficient (Wildman–Crippen LogP) is 1.32. The van der Waals surface area contributed by atoms with Gasteiger partial charge in [0.25, 0.3) is 0 Å². The Balaban J connectivity index is 1.91. The highest BCUT2D eigenvalue weighted by Crippen LogP contribution is 2.17. The van der Waals surface area contributed by atoms with Crippen molar-refractivity contribution in [3.8, 4) is 0 Å². The van der Waals surface area contributed by atoms with Crippen LogP contribution in [0.1, 0.15) is 12.0 Å². The summed E-state index contributed by atoms with van der Waals surface area (Å²) in [5.74, 6) is -1.11. The lowest BCUT2D eigenvalue weighted by atomic mass is 10.1. The van der Waals surface area contributed by atoms with E-state index in [0.29, 0.717) is 0 Å². The fraction of sp³-hybridized carbons (Fsp3) is 0.333. The van der Waals surface area contributed by atoms with E-state index < -0.39 is 12.1 Å². The third-order valence-electron chi connectivity index (χ3n) is 3.29. The average Bonchev–Trinajstić information content (AvgIpc) is 2.86. The number of carbonyl (C=O) groups is 2. The van der Waals surface area contributed by atoms with Gasteiger partial charge in [0, 0.05) is 30.8 Å². The Hall–Kier alpha value is -2.34. The number of methoxy groups -OCH3 is 1. The molecule has 1 aromatic carbocycles. The van der Waals surface area contributed by atoms with Gasteiger partial charge in [0.05, 0.1) is 18.9 Å². The molecule has 0 fully saturated rings. The first-order chi connectivity index (χ1) is 10.1. The highest BCUT2D eigenvalue weighted by molar-refractivity contribution is 5.88. The van der Waals surface area contributed by atoms with Crippen LogP contribution in [0.5, 0.6) is 0 Å². The normalized spacial score (nSPS) is 12.2. The molecular formula is C15H18N2O4. The van der Waals surface area contributed by atoms with Crippen LogP contribution in [0.15, 0.2) is 30.5 Å². The number of H-pyrrole nitrogens is 1. The standard InChI is InChI=1S/C15H18N2O4/c1-21-11(7-15(19)20)9-17-14(18)6-10-8-16-13-5-3-2-4-12(10)13/h2-5,8,11,16H,6-7,9H2,1H3,(H,17,18)(H,19,20). The van der Waals surface area contributed by atoms with Crippen molar-refractivity contribution >= 4 is 22.8 Å². The van der Waals surface area contributed by atoms with E-state index >= 15 is 0 Å². The number of amides is 1. The van der Waals surface area contributed by atoms with Gasteiger partial charge in [0.1, 0.15) is 0 Å². The molecule has 6 heteroatoms. The number of nitrogens with one attached hydrogen (secondary N) is 2. The van der Waals surface area contributed by atoms with E-state index in [0.717, 1.165) is 16.5 Å². The largest absolute Gasteiger partial charge is 0.481 e. The minimum Gasteiger partial charge on any atom is -0.481 e. The minimum absolute atomic E-state index is 0.135. The van der Waals surface area contributed by atoms with Crippen LogP contribution >= 0.6 is 0 Å². The molecule has 1 unspecified atom stereocenters. The smallest absolute Gasteiger partial charge is 0.306 e. The van der Waals surface area contributed by atoms with Crippen molar-refractivity contribution in [2.75, 3.05) is 13.7 Å². The summed E-state index contributed by atoms with van der Waals surface area (Å²) in [4.78, 5) is 25.7. The molecule has 0 aliphatic carbocycles. The summed E-state index contributed by atoms with van der Waals surface area (Å²) in [6, 6.07) is 7.75. The number of benzene rings is 1. The Kier molecular flexibility index (Phi) is 4.94. The Morgan fingerprint density at radius 2 is 2.14 bits per heavy atom. The molecule has 0 bridgehead atoms. The van der Waals surface area contributed by atoms with E-state index in [-0.39, 0.29) is 25.3 Å². The maximum absolute atomic E-state index is 11.9. The summed E-state index contributed by atoms with van der Waals surface area (Å²) < 4.78 is 5.02. The topological polar surface area (TPSA) is 91.4 Å². The van der Waals surface area contributed by atoms with Gasteiger partial charge in [-0.05, 0) is 11.6 Å². The highest BCUT2D eigenvalue weighted by Gasteiger charge is 2.14. The van der Waals surface area contributed by atoms with E-state index in [1.165, 1.54) is 7.11 Å². The van der Waals surface area contributed by atoms with Gasteiger partial charge in [0.2, 0.25) is 5.91 Å². The molecule has 112 valence electrons. The van der Waals surface area contributed by atoms with E-state index in [2.05, 4.69) is 10.3 Å². The first-order valence-corrected chi connectivity index (χ1v) is 6.66. The summed E-state index contributed by atoms with van der Waals surface area (Å²) >= 11 is 0. The molecule has 0 saturated heterocycles. The third kappa shape index (κ3) is 4.06. The number of ether oxygens (including phenoxy) is 1. The van der Waals surface area contributed by atoms with E-state index in [1.54, 1.807) is 0 Å². The number of hydrogen-bond acceptors (Lipinski definition) is 3. The Bertz CT molecular complexity index is 635. The number of aromatic nitrogens is 1. The van der Waals surface area contributed by atoms with Crippen molar-refractivity contribution in [1.82, 2.24) is 10.3 Å². The summed E-state index contributed by atoms with van der Waals surface area (Å²) in [6.45, 7) is 0.185. The summed E-state index contributed by atoms with van der Waals surface area (Å²) in [6.07, 6.45) is 1.40. The van der Waals surface area contributed by atoms with Crippen LogP contribution in [0.3, 0.4) is 0 Å². The Morgan fingerprint density at radius 1 is 1.38 bits per heavy atom. The molecule has 21 heavy (non-hydrogen) atoms. The van der Waals surface area contributed by atoms with Crippen LogP contribution < -0.4 is 5.32 Å². The summed E-state index contributed by atoms with van der Waals surface area (Å²) in [7, 11) is 1.43. The van der Waals surface area contributed by atoms with Gasteiger partial charge < -0.3 is 20.1 Å². The van der Waals surface area contributed by atoms with Gasteiger partial charge >= 0.3 is 5.97 Å². The van der Waals surface area contributed by atoms with Gasteiger partial charge in [-0.1, -0.05) is 18.2 Å². The monoisotopic (exact) mass is 290 g/mol. The second-order valence-corrected chi connectivity index (χ2v) is 4.80. The van der Waals surface area contributed by atoms with Crippen molar-refractivity contribution in [3.63, 3.8) is 0 Å². The third-order valence-corrected chi connectivity index (χ3v) is 3.29. The molecule has 0 aliphatic rings. The van der Waals surface area contributed by atoms with Crippen LogP contribution in [-0.2, 0) is 20.7 Å². The number of para-hydroxylation sites is 1. The lowest BCUT2D eigenvalue weighted by Gasteiger charge is -2.13. The highest BCUT2D eigenvalue weighted by atomic mass is 16.5. The van der Waals surface area contributed by atoms with Crippen LogP contribution in [0.25, 0.3) is 10.9 Å². The first-order valence-electron chi connectivity index (χ1n) is 6.66. The number of carboxylic acids is 1. The lowest BCUT2D eigenvalue weighted by molar-refractivity contribution is -0.140. The van der Waals surface area contributed by atoms with E-state index in [4.69, 9.17) is 9.84 Å². The number of carboxylic acid groups (broad SMARTS) is 1. The molecule has 2 aromatic rings. The molecule has 3 N–H and O–H groups in total. The first kappa shape index (κ1) is 15.1. The van der Waals surface area contributed by atoms with E-state index in [1.807, 2.05) is 30.5 Å². The number of rotatable bonds is 7. The Labute approximate surface area is 122 Å². The number of aromatic amines is 1. The van der Waals surface area contributed by atoms with Crippen LogP contribution in [0.4, 0.5) is 0 Å². The lowest BCUT2D eigenvalue weighted by Crippen LogP contribution is -2.35. The van der Waals surface area contributed by atoms with Gasteiger partial charge in [-0.15, -0.1) is 0 Å². The molecule has 0 radical (unpaired) electrons. The van der Waals surface area contributed by atoms with E-state index in [9.17, 15) is 9.59 Å². The fourth-order valence-corrected chi connectivity index (χ4v) is 2.17. The zero-order valence-corrected chi connectivity index (χ0v) is 11.8. The van der Waals surface area contributed by atoms with Gasteiger partial charge in [-0.3, -0.25) is 9.59 Å². The second-order valence-electron chi connectivity index (χ2n) is 4.80. The van der Waals surface area contributed by atoms with Gasteiger partial charge in [-0.25, -0.2) is 0 Å². The number of fused-ring (bicyclic) bond motifs is 1. The minimum atomic E-state index is -0.951. The van der Waals surface area contributed by atoms with Crippen molar-refractivity contribution in [2.45, 2.75) is 18.9 Å². The fourth-order valence-electron chi connectivity index (χ4n) is 2.17. The van der Waals surface area contributed by atoms with Crippen LogP contribution in [0, 0.1) is 0 Å². The van der Waals surface area contributed by atoms with Crippen molar-refractivity contribution < 1.29 is 19.4 Å². The van der Waals surface area contributed by atoms with Crippen molar-refractivity contribution in [3.05, 3.63) is 36.0 Å². The van der Waals surface area contributed by atoms with Crippen LogP contribution in [-0.4, -0.2) is 41.7 Å². The number of hydrogen-bond donors (Lipinski definition) is 3. The molecular weight excluding hydrogens is 272 g/mol. The van der Waals surface area contributed by atoms with Gasteiger partial charge in [0.15, 0.2) is 0 Å². The quantitative estimate of drug-likeness (QED) is 0.717. The molecule has 1 heterocycles. The summed E-state index contributed by atoms with van der Waals surface area (Å²) in [5, 5.41) is 12.4. The molecule has 0 saturated carbocycles. The average molecular weight is 290 g/mol. The second kappa shape index (κ2) is 6.90. The molecule has 1 atom stereocenters. The zero-order valence-electron chi connectivity index (χ0n) is 11.8. The number of aliphatic carboxylic acids is 1. The number of carbonyl (C=O) groups excluding carboxylic acids is 1. The molecule has 0 aliphatic heterocycles. The molecule has 6 nitrogen and oxygen atoms in total. The molecule has 1 amide bonds. The van der Waals surface area contributed by atoms with Gasteiger partial charge in [-0.2, -0.15) is 0 Å². The van der Waals surface area contributed by atoms with Crippen LogP contribution in [0.2, 0.25) is 0 Å². The predicted molar refractivity (Wildman–Crippen MR) is 78.1 cm³/mol. The molecule has 2 rings (SSSR count). The maximum atomic E-state index is 11.9.